The second-order valence-electron chi connectivity index (χ2n) is 3.49. The summed E-state index contributed by atoms with van der Waals surface area (Å²) in [6, 6.07) is 3.81. The van der Waals surface area contributed by atoms with Gasteiger partial charge in [0.05, 0.1) is 0 Å². The summed E-state index contributed by atoms with van der Waals surface area (Å²) in [4.78, 5) is 8.52. The van der Waals surface area contributed by atoms with E-state index in [0.29, 0.717) is 5.16 Å². The van der Waals surface area contributed by atoms with Gasteiger partial charge in [0.25, 0.3) is 0 Å². The smallest absolute Gasteiger partial charge is 0.214 e. The molecule has 84 valence electrons. The Bertz CT molecular complexity index is 480. The number of aromatic amines is 1. The van der Waals surface area contributed by atoms with E-state index in [1.54, 1.807) is 6.20 Å². The predicted molar refractivity (Wildman–Crippen MR) is 62.1 cm³/mol. The molecule has 2 aromatic heterocycles. The second kappa shape index (κ2) is 4.63. The van der Waals surface area contributed by atoms with E-state index in [2.05, 4.69) is 20.2 Å². The van der Waals surface area contributed by atoms with Crippen LogP contribution in [0.15, 0.2) is 28.5 Å². The molecule has 0 saturated heterocycles. The van der Waals surface area contributed by atoms with Crippen molar-refractivity contribution < 1.29 is 0 Å². The number of nitrogens with two attached hydrogens (primary N) is 1. The highest BCUT2D eigenvalue weighted by atomic mass is 32.2. The van der Waals surface area contributed by atoms with Crippen LogP contribution in [0.1, 0.15) is 24.4 Å². The van der Waals surface area contributed by atoms with Crippen molar-refractivity contribution in [3.63, 3.8) is 0 Å². The van der Waals surface area contributed by atoms with E-state index < -0.39 is 0 Å². The van der Waals surface area contributed by atoms with Crippen LogP contribution in [-0.2, 0) is 0 Å². The summed E-state index contributed by atoms with van der Waals surface area (Å²) in [6.45, 7) is 3.80. The Hall–Kier alpha value is -1.40. The van der Waals surface area contributed by atoms with E-state index in [9.17, 15) is 0 Å². The van der Waals surface area contributed by atoms with Crippen LogP contribution >= 0.6 is 11.8 Å². The molecule has 0 spiro atoms. The van der Waals surface area contributed by atoms with Gasteiger partial charge in [-0.1, -0.05) is 6.07 Å². The van der Waals surface area contributed by atoms with Crippen LogP contribution in [0.25, 0.3) is 0 Å². The minimum absolute atomic E-state index is 0.0451. The maximum absolute atomic E-state index is 5.87. The van der Waals surface area contributed by atoms with Gasteiger partial charge in [0.1, 0.15) is 10.9 Å². The Morgan fingerprint density at radius 1 is 1.50 bits per heavy atom. The molecular weight excluding hydrogens is 222 g/mol. The first kappa shape index (κ1) is 11.1. The molecule has 2 aromatic rings. The number of nitrogens with zero attached hydrogens (tertiary/aromatic N) is 3. The van der Waals surface area contributed by atoms with Crippen LogP contribution in [-0.4, -0.2) is 20.2 Å². The number of aromatic nitrogens is 4. The fraction of sp³-hybridized carbons (Fsp3) is 0.300. The van der Waals surface area contributed by atoms with Gasteiger partial charge in [-0.2, -0.15) is 0 Å². The minimum Gasteiger partial charge on any atom is -0.324 e. The summed E-state index contributed by atoms with van der Waals surface area (Å²) >= 11 is 1.42. The number of nitrogens with one attached hydrogen (secondary N) is 1. The Kier molecular flexibility index (Phi) is 3.21. The van der Waals surface area contributed by atoms with E-state index in [1.165, 1.54) is 11.8 Å². The number of hydrogen-bond acceptors (Lipinski definition) is 5. The van der Waals surface area contributed by atoms with Crippen molar-refractivity contribution in [1.29, 1.82) is 0 Å². The van der Waals surface area contributed by atoms with Gasteiger partial charge >= 0.3 is 0 Å². The molecule has 0 aliphatic carbocycles. The quantitative estimate of drug-likeness (QED) is 0.846. The van der Waals surface area contributed by atoms with E-state index in [1.807, 2.05) is 26.0 Å². The number of H-pyrrole nitrogens is 1. The largest absolute Gasteiger partial charge is 0.324 e. The first-order valence-corrected chi connectivity index (χ1v) is 5.76. The van der Waals surface area contributed by atoms with E-state index in [4.69, 9.17) is 5.73 Å². The molecule has 16 heavy (non-hydrogen) atoms. The van der Waals surface area contributed by atoms with Crippen LogP contribution in [0, 0.1) is 6.92 Å². The van der Waals surface area contributed by atoms with E-state index in [0.717, 1.165) is 16.4 Å². The fourth-order valence-corrected chi connectivity index (χ4v) is 2.22. The zero-order valence-electron chi connectivity index (χ0n) is 9.14. The average molecular weight is 235 g/mol. The number of hydrogen-bond donors (Lipinski definition) is 2. The van der Waals surface area contributed by atoms with Gasteiger partial charge in [-0.3, -0.25) is 5.10 Å². The third-order valence-corrected chi connectivity index (χ3v) is 2.96. The molecule has 5 nitrogen and oxygen atoms in total. The van der Waals surface area contributed by atoms with Crippen molar-refractivity contribution in [2.75, 3.05) is 0 Å². The van der Waals surface area contributed by atoms with Gasteiger partial charge in [0.2, 0.25) is 5.16 Å². The first-order chi connectivity index (χ1) is 7.66. The first-order valence-electron chi connectivity index (χ1n) is 4.94. The summed E-state index contributed by atoms with van der Waals surface area (Å²) in [5, 5.41) is 8.38. The predicted octanol–water partition coefficient (Wildman–Crippen LogP) is 1.68. The van der Waals surface area contributed by atoms with Gasteiger partial charge < -0.3 is 5.73 Å². The monoisotopic (exact) mass is 235 g/mol. The lowest BCUT2D eigenvalue weighted by Gasteiger charge is -2.08. The lowest BCUT2D eigenvalue weighted by Crippen LogP contribution is -2.07. The molecule has 0 aromatic carbocycles. The molecule has 1 atom stereocenters. The zero-order valence-corrected chi connectivity index (χ0v) is 9.95. The number of rotatable bonds is 3. The highest BCUT2D eigenvalue weighted by molar-refractivity contribution is 7.99. The minimum atomic E-state index is -0.0451. The van der Waals surface area contributed by atoms with Crippen molar-refractivity contribution in [1.82, 2.24) is 20.2 Å². The third-order valence-electron chi connectivity index (χ3n) is 2.06. The number of aryl methyl sites for hydroxylation is 1. The molecule has 0 aliphatic heterocycles. The maximum Gasteiger partial charge on any atom is 0.214 e. The van der Waals surface area contributed by atoms with Crippen LogP contribution in [0.2, 0.25) is 0 Å². The average Bonchev–Trinajstić information content (AvgIpc) is 2.64. The van der Waals surface area contributed by atoms with Gasteiger partial charge in [-0.05, 0) is 31.7 Å². The maximum atomic E-state index is 5.87. The summed E-state index contributed by atoms with van der Waals surface area (Å²) in [7, 11) is 0. The van der Waals surface area contributed by atoms with Gasteiger partial charge in [-0.25, -0.2) is 9.97 Å². The summed E-state index contributed by atoms with van der Waals surface area (Å²) < 4.78 is 0. The topological polar surface area (TPSA) is 80.5 Å². The van der Waals surface area contributed by atoms with Crippen LogP contribution in [0.4, 0.5) is 0 Å². The highest BCUT2D eigenvalue weighted by Gasteiger charge is 2.11. The summed E-state index contributed by atoms with van der Waals surface area (Å²) in [6.07, 6.45) is 1.74. The molecular formula is C10H13N5S. The van der Waals surface area contributed by atoms with Crippen molar-refractivity contribution >= 4 is 11.8 Å². The van der Waals surface area contributed by atoms with Crippen LogP contribution in [0.3, 0.4) is 0 Å². The van der Waals surface area contributed by atoms with Crippen molar-refractivity contribution in [3.05, 3.63) is 29.7 Å². The lowest BCUT2D eigenvalue weighted by molar-refractivity contribution is 0.778. The van der Waals surface area contributed by atoms with Crippen molar-refractivity contribution in [3.8, 4) is 0 Å². The fourth-order valence-electron chi connectivity index (χ4n) is 1.29. The van der Waals surface area contributed by atoms with Crippen LogP contribution in [0.5, 0.6) is 0 Å². The second-order valence-corrected chi connectivity index (χ2v) is 4.45. The summed E-state index contributed by atoms with van der Waals surface area (Å²) in [5.74, 6) is 0.792. The van der Waals surface area contributed by atoms with Gasteiger partial charge in [0, 0.05) is 17.8 Å². The molecule has 0 saturated carbocycles. The molecule has 0 bridgehead atoms. The molecule has 2 heterocycles. The normalized spacial score (nSPS) is 12.7. The Morgan fingerprint density at radius 3 is 2.94 bits per heavy atom. The van der Waals surface area contributed by atoms with Crippen molar-refractivity contribution in [2.45, 2.75) is 30.1 Å². The summed E-state index contributed by atoms with van der Waals surface area (Å²) in [5.41, 5.74) is 6.88. The molecule has 2 rings (SSSR count). The Morgan fingerprint density at radius 2 is 2.31 bits per heavy atom. The Balaban J connectivity index is 2.27. The lowest BCUT2D eigenvalue weighted by atomic mass is 10.2. The molecule has 0 amide bonds. The molecule has 1 unspecified atom stereocenters. The number of pyridine rings is 1. The molecule has 6 heteroatoms. The molecule has 0 aliphatic rings. The van der Waals surface area contributed by atoms with Crippen molar-refractivity contribution in [2.24, 2.45) is 5.73 Å². The zero-order chi connectivity index (χ0) is 11.5. The van der Waals surface area contributed by atoms with E-state index >= 15 is 0 Å². The highest BCUT2D eigenvalue weighted by Crippen LogP contribution is 2.28. The molecule has 0 fully saturated rings. The van der Waals surface area contributed by atoms with Gasteiger partial charge in [-0.15, -0.1) is 5.10 Å². The molecule has 3 N–H and O–H groups in total. The van der Waals surface area contributed by atoms with E-state index in [-0.39, 0.29) is 6.04 Å². The van der Waals surface area contributed by atoms with Gasteiger partial charge in [0.15, 0.2) is 0 Å². The third kappa shape index (κ3) is 2.40. The van der Waals surface area contributed by atoms with Crippen LogP contribution < -0.4 is 5.73 Å². The molecule has 0 radical (unpaired) electrons. The SMILES string of the molecule is Cc1nc(Sc2ncccc2C(C)N)n[nH]1. The Labute approximate surface area is 97.9 Å². The standard InChI is InChI=1S/C10H13N5S/c1-6(11)8-4-3-5-12-9(8)16-10-13-7(2)14-15-10/h3-6H,11H2,1-2H3,(H,13,14,15).